The molecule has 0 aliphatic carbocycles. The van der Waals surface area contributed by atoms with E-state index >= 15 is 0 Å². The van der Waals surface area contributed by atoms with E-state index in [1.165, 1.54) is 6.92 Å². The number of hydrogen-bond donors (Lipinski definition) is 2. The lowest BCUT2D eigenvalue weighted by Gasteiger charge is -2.32. The maximum Gasteiger partial charge on any atom is 0.417 e. The Bertz CT molecular complexity index is 1190. The van der Waals surface area contributed by atoms with Crippen molar-refractivity contribution >= 4 is 35.4 Å². The van der Waals surface area contributed by atoms with Gasteiger partial charge in [-0.1, -0.05) is 42.5 Å². The molecule has 0 spiro atoms. The largest absolute Gasteiger partial charge is 0.417 e. The zero-order chi connectivity index (χ0) is 23.2. The molecule has 0 fully saturated rings. The van der Waals surface area contributed by atoms with Crippen LogP contribution in [0.25, 0.3) is 6.08 Å². The zero-order valence-electron chi connectivity index (χ0n) is 18.0. The third kappa shape index (κ3) is 5.46. The van der Waals surface area contributed by atoms with Crippen molar-refractivity contribution in [2.24, 2.45) is 0 Å². The molecule has 3 amide bonds. The Balaban J connectivity index is 1.37. The van der Waals surface area contributed by atoms with Crippen molar-refractivity contribution in [2.45, 2.75) is 19.4 Å². The monoisotopic (exact) mass is 441 g/mol. The summed E-state index contributed by atoms with van der Waals surface area (Å²) in [6, 6.07) is 22.8. The second-order valence-electron chi connectivity index (χ2n) is 7.54. The molecule has 3 aromatic rings. The van der Waals surface area contributed by atoms with Crippen LogP contribution in [0.15, 0.2) is 85.1 Å². The van der Waals surface area contributed by atoms with Crippen molar-refractivity contribution in [1.82, 2.24) is 4.90 Å². The van der Waals surface area contributed by atoms with Gasteiger partial charge in [-0.2, -0.15) is 0 Å². The van der Waals surface area contributed by atoms with Crippen LogP contribution >= 0.6 is 0 Å². The molecule has 1 atom stereocenters. The molecule has 2 N–H and O–H groups in total. The smallest absolute Gasteiger partial charge is 0.410 e. The predicted octanol–water partition coefficient (Wildman–Crippen LogP) is 5.20. The van der Waals surface area contributed by atoms with Gasteiger partial charge in [0.05, 0.1) is 12.5 Å². The first-order valence-corrected chi connectivity index (χ1v) is 10.5. The van der Waals surface area contributed by atoms with Crippen LogP contribution in [0.1, 0.15) is 30.5 Å². The first kappa shape index (κ1) is 21.8. The van der Waals surface area contributed by atoms with Crippen molar-refractivity contribution < 1.29 is 19.1 Å². The Labute approximate surface area is 191 Å². The summed E-state index contributed by atoms with van der Waals surface area (Å²) < 4.78 is 5.20. The Morgan fingerprint density at radius 3 is 2.18 bits per heavy atom. The number of para-hydroxylation sites is 1. The molecule has 7 nitrogen and oxygen atoms in total. The summed E-state index contributed by atoms with van der Waals surface area (Å²) in [5.41, 5.74) is 3.03. The number of nitrogens with zero attached hydrogens (tertiary/aromatic N) is 1. The van der Waals surface area contributed by atoms with Gasteiger partial charge >= 0.3 is 6.09 Å². The standard InChI is InChI=1S/C26H23N3O4/c1-18(30)29-16-15-19-7-5-6-10-23(19)24(29)17-25(31)27-20-11-13-21(14-12-20)28-26(32)33-22-8-3-2-4-9-22/h2-16,24H,17H2,1H3,(H,27,31)(H,28,32). The Kier molecular flexibility index (Phi) is 6.50. The number of benzene rings is 3. The molecule has 0 aromatic heterocycles. The minimum absolute atomic E-state index is 0.115. The Morgan fingerprint density at radius 2 is 1.48 bits per heavy atom. The summed E-state index contributed by atoms with van der Waals surface area (Å²) in [6.45, 7) is 1.48. The van der Waals surface area contributed by atoms with E-state index in [0.29, 0.717) is 17.1 Å². The summed E-state index contributed by atoms with van der Waals surface area (Å²) >= 11 is 0. The lowest BCUT2D eigenvalue weighted by molar-refractivity contribution is -0.129. The van der Waals surface area contributed by atoms with Crippen molar-refractivity contribution in [3.8, 4) is 5.75 Å². The van der Waals surface area contributed by atoms with E-state index in [1.807, 2.05) is 36.4 Å². The minimum atomic E-state index is -0.605. The molecule has 1 aliphatic rings. The molecule has 1 aliphatic heterocycles. The highest BCUT2D eigenvalue weighted by atomic mass is 16.6. The summed E-state index contributed by atoms with van der Waals surface area (Å²) in [4.78, 5) is 38.4. The highest BCUT2D eigenvalue weighted by Gasteiger charge is 2.28. The van der Waals surface area contributed by atoms with E-state index in [4.69, 9.17) is 4.74 Å². The van der Waals surface area contributed by atoms with Crippen LogP contribution in [0.2, 0.25) is 0 Å². The first-order chi connectivity index (χ1) is 16.0. The minimum Gasteiger partial charge on any atom is -0.410 e. The van der Waals surface area contributed by atoms with Crippen LogP contribution in [0, 0.1) is 0 Å². The Hall–Kier alpha value is -4.39. The molecular formula is C26H23N3O4. The second-order valence-corrected chi connectivity index (χ2v) is 7.54. The molecule has 0 saturated heterocycles. The molecule has 0 bridgehead atoms. The molecule has 1 unspecified atom stereocenters. The van der Waals surface area contributed by atoms with Crippen LogP contribution in [-0.4, -0.2) is 22.8 Å². The van der Waals surface area contributed by atoms with Gasteiger partial charge in [0.1, 0.15) is 5.75 Å². The van der Waals surface area contributed by atoms with E-state index in [2.05, 4.69) is 10.6 Å². The van der Waals surface area contributed by atoms with Gasteiger partial charge in [0.25, 0.3) is 0 Å². The van der Waals surface area contributed by atoms with Gasteiger partial charge in [0.2, 0.25) is 11.8 Å². The second kappa shape index (κ2) is 9.82. The van der Waals surface area contributed by atoms with Gasteiger partial charge in [0, 0.05) is 24.5 Å². The number of anilines is 2. The van der Waals surface area contributed by atoms with E-state index in [1.54, 1.807) is 59.6 Å². The first-order valence-electron chi connectivity index (χ1n) is 10.5. The van der Waals surface area contributed by atoms with Crippen LogP contribution in [-0.2, 0) is 9.59 Å². The van der Waals surface area contributed by atoms with Crippen molar-refractivity contribution in [2.75, 3.05) is 10.6 Å². The number of carbonyl (C=O) groups excluding carboxylic acids is 3. The van der Waals surface area contributed by atoms with Crippen molar-refractivity contribution in [1.29, 1.82) is 0 Å². The highest BCUT2D eigenvalue weighted by Crippen LogP contribution is 2.33. The fourth-order valence-electron chi connectivity index (χ4n) is 3.68. The molecule has 0 saturated carbocycles. The number of carbonyl (C=O) groups is 3. The fraction of sp³-hybridized carbons (Fsp3) is 0.115. The molecule has 1 heterocycles. The normalized spacial score (nSPS) is 14.2. The molecule has 166 valence electrons. The third-order valence-electron chi connectivity index (χ3n) is 5.22. The van der Waals surface area contributed by atoms with Gasteiger partial charge in [-0.3, -0.25) is 14.9 Å². The summed E-state index contributed by atoms with van der Waals surface area (Å²) in [6.07, 6.45) is 3.10. The maximum atomic E-state index is 12.8. The third-order valence-corrected chi connectivity index (χ3v) is 5.22. The molecule has 0 radical (unpaired) electrons. The molecule has 4 rings (SSSR count). The SMILES string of the molecule is CC(=O)N1C=Cc2ccccc2C1CC(=O)Nc1ccc(NC(=O)Oc2ccccc2)cc1. The van der Waals surface area contributed by atoms with Crippen LogP contribution < -0.4 is 15.4 Å². The highest BCUT2D eigenvalue weighted by molar-refractivity contribution is 5.93. The van der Waals surface area contributed by atoms with Crippen molar-refractivity contribution in [3.05, 3.63) is 96.2 Å². The lowest BCUT2D eigenvalue weighted by Crippen LogP contribution is -2.33. The van der Waals surface area contributed by atoms with E-state index in [9.17, 15) is 14.4 Å². The van der Waals surface area contributed by atoms with E-state index in [-0.39, 0.29) is 24.3 Å². The van der Waals surface area contributed by atoms with E-state index < -0.39 is 6.09 Å². The number of nitrogens with one attached hydrogen (secondary N) is 2. The number of fused-ring (bicyclic) bond motifs is 1. The number of ether oxygens (including phenoxy) is 1. The predicted molar refractivity (Wildman–Crippen MR) is 127 cm³/mol. The topological polar surface area (TPSA) is 87.7 Å². The van der Waals surface area contributed by atoms with Crippen LogP contribution in [0.3, 0.4) is 0 Å². The van der Waals surface area contributed by atoms with Crippen LogP contribution in [0.5, 0.6) is 5.75 Å². The fourth-order valence-corrected chi connectivity index (χ4v) is 3.68. The summed E-state index contributed by atoms with van der Waals surface area (Å²) in [7, 11) is 0. The molecule has 3 aromatic carbocycles. The van der Waals surface area contributed by atoms with E-state index in [0.717, 1.165) is 11.1 Å². The van der Waals surface area contributed by atoms with Gasteiger partial charge in [-0.15, -0.1) is 0 Å². The number of rotatable bonds is 5. The summed E-state index contributed by atoms with van der Waals surface area (Å²) in [5, 5.41) is 5.50. The van der Waals surface area contributed by atoms with Gasteiger partial charge in [-0.05, 0) is 53.6 Å². The average molecular weight is 441 g/mol. The zero-order valence-corrected chi connectivity index (χ0v) is 18.0. The van der Waals surface area contributed by atoms with Crippen molar-refractivity contribution in [3.63, 3.8) is 0 Å². The van der Waals surface area contributed by atoms with Gasteiger partial charge < -0.3 is 15.0 Å². The summed E-state index contributed by atoms with van der Waals surface area (Å²) in [5.74, 6) is 0.0922. The number of amides is 3. The van der Waals surface area contributed by atoms with Gasteiger partial charge in [0.15, 0.2) is 0 Å². The van der Waals surface area contributed by atoms with Gasteiger partial charge in [-0.25, -0.2) is 4.79 Å². The number of hydrogen-bond acceptors (Lipinski definition) is 4. The maximum absolute atomic E-state index is 12.8. The molecule has 7 heteroatoms. The molecule has 33 heavy (non-hydrogen) atoms. The van der Waals surface area contributed by atoms with Crippen LogP contribution in [0.4, 0.5) is 16.2 Å². The average Bonchev–Trinajstić information content (AvgIpc) is 2.81. The quantitative estimate of drug-likeness (QED) is 0.570. The molecular weight excluding hydrogens is 418 g/mol. The Morgan fingerprint density at radius 1 is 0.848 bits per heavy atom. The lowest BCUT2D eigenvalue weighted by atomic mass is 9.93.